The summed E-state index contributed by atoms with van der Waals surface area (Å²) in [6, 6.07) is 14.7. The van der Waals surface area contributed by atoms with Gasteiger partial charge in [-0.05, 0) is 52.3 Å². The van der Waals surface area contributed by atoms with Crippen LogP contribution in [-0.2, 0) is 9.84 Å². The largest absolute Gasteiger partial charge is 0.329 e. The lowest BCUT2D eigenvalue weighted by Crippen LogP contribution is -2.15. The molecule has 0 spiro atoms. The van der Waals surface area contributed by atoms with Crippen LogP contribution in [0.15, 0.2) is 70.2 Å². The first-order valence-electron chi connectivity index (χ1n) is 8.59. The number of benzene rings is 2. The molecule has 0 aliphatic carbocycles. The van der Waals surface area contributed by atoms with Gasteiger partial charge in [0.2, 0.25) is 0 Å². The molecule has 148 valence electrons. The standard InChI is InChI=1S/C20H16BrFN4O2S/c1-25(13-7-9-14(10-8-13)29(2,27)28)19-11-18(15-5-3-4-6-17(15)22)24-20-16(21)12-23-26(19)20/h3-12H,1-2H3. The van der Waals surface area contributed by atoms with Crippen LogP contribution in [0.1, 0.15) is 0 Å². The van der Waals surface area contributed by atoms with Crippen molar-refractivity contribution in [3.05, 3.63) is 71.1 Å². The highest BCUT2D eigenvalue weighted by Gasteiger charge is 2.17. The van der Waals surface area contributed by atoms with Crippen molar-refractivity contribution in [3.63, 3.8) is 0 Å². The number of fused-ring (bicyclic) bond motifs is 1. The van der Waals surface area contributed by atoms with Gasteiger partial charge in [-0.2, -0.15) is 9.61 Å². The maximum Gasteiger partial charge on any atom is 0.175 e. The lowest BCUT2D eigenvalue weighted by Gasteiger charge is -2.21. The van der Waals surface area contributed by atoms with Gasteiger partial charge in [0.25, 0.3) is 0 Å². The highest BCUT2D eigenvalue weighted by atomic mass is 79.9. The predicted molar refractivity (Wildman–Crippen MR) is 114 cm³/mol. The molecular weight excluding hydrogens is 459 g/mol. The van der Waals surface area contributed by atoms with E-state index in [2.05, 4.69) is 26.0 Å². The first-order chi connectivity index (χ1) is 13.8. The summed E-state index contributed by atoms with van der Waals surface area (Å²) in [6.07, 6.45) is 2.79. The Kier molecular flexibility index (Phi) is 4.87. The number of nitrogens with zero attached hydrogens (tertiary/aromatic N) is 4. The minimum Gasteiger partial charge on any atom is -0.329 e. The van der Waals surface area contributed by atoms with Crippen molar-refractivity contribution >= 4 is 42.9 Å². The van der Waals surface area contributed by atoms with E-state index in [4.69, 9.17) is 0 Å². The topological polar surface area (TPSA) is 67.6 Å². The fourth-order valence-corrected chi connectivity index (χ4v) is 3.99. The van der Waals surface area contributed by atoms with Gasteiger partial charge in [0.15, 0.2) is 15.5 Å². The van der Waals surface area contributed by atoms with E-state index in [-0.39, 0.29) is 10.7 Å². The zero-order chi connectivity index (χ0) is 20.8. The Morgan fingerprint density at radius 1 is 1.10 bits per heavy atom. The molecule has 2 heterocycles. The summed E-state index contributed by atoms with van der Waals surface area (Å²) < 4.78 is 40.1. The maximum atomic E-state index is 14.4. The number of hydrogen-bond acceptors (Lipinski definition) is 5. The predicted octanol–water partition coefficient (Wildman–Crippen LogP) is 4.47. The van der Waals surface area contributed by atoms with Crippen LogP contribution in [-0.4, -0.2) is 36.3 Å². The van der Waals surface area contributed by atoms with Crippen molar-refractivity contribution in [1.82, 2.24) is 14.6 Å². The first-order valence-corrected chi connectivity index (χ1v) is 11.3. The molecule has 0 saturated carbocycles. The second-order valence-electron chi connectivity index (χ2n) is 6.53. The van der Waals surface area contributed by atoms with E-state index >= 15 is 0 Å². The van der Waals surface area contributed by atoms with Crippen LogP contribution in [0.5, 0.6) is 0 Å². The minimum atomic E-state index is -3.28. The highest BCUT2D eigenvalue weighted by molar-refractivity contribution is 9.10. The molecule has 4 aromatic rings. The van der Waals surface area contributed by atoms with E-state index in [0.29, 0.717) is 27.2 Å². The van der Waals surface area contributed by atoms with Gasteiger partial charge in [0, 0.05) is 30.6 Å². The summed E-state index contributed by atoms with van der Waals surface area (Å²) in [5, 5.41) is 4.35. The van der Waals surface area contributed by atoms with Crippen molar-refractivity contribution in [2.24, 2.45) is 0 Å². The second-order valence-corrected chi connectivity index (χ2v) is 9.40. The quantitative estimate of drug-likeness (QED) is 0.436. The summed E-state index contributed by atoms with van der Waals surface area (Å²) in [5.41, 5.74) is 2.13. The molecular formula is C20H16BrFN4O2S. The minimum absolute atomic E-state index is 0.239. The summed E-state index contributed by atoms with van der Waals surface area (Å²) in [4.78, 5) is 6.63. The molecule has 6 nitrogen and oxygen atoms in total. The molecule has 0 saturated heterocycles. The summed E-state index contributed by atoms with van der Waals surface area (Å²) in [7, 11) is -1.46. The number of anilines is 2. The third-order valence-electron chi connectivity index (χ3n) is 4.56. The molecule has 29 heavy (non-hydrogen) atoms. The Balaban J connectivity index is 1.87. The number of sulfone groups is 1. The fraction of sp³-hybridized carbons (Fsp3) is 0.100. The molecule has 0 N–H and O–H groups in total. The van der Waals surface area contributed by atoms with E-state index in [9.17, 15) is 12.8 Å². The molecule has 0 bridgehead atoms. The van der Waals surface area contributed by atoms with E-state index in [1.54, 1.807) is 59.2 Å². The maximum absolute atomic E-state index is 14.4. The molecule has 2 aromatic heterocycles. The van der Waals surface area contributed by atoms with E-state index in [1.807, 2.05) is 11.9 Å². The van der Waals surface area contributed by atoms with Crippen LogP contribution in [0.3, 0.4) is 0 Å². The first kappa shape index (κ1) is 19.5. The van der Waals surface area contributed by atoms with Gasteiger partial charge in [-0.25, -0.2) is 17.8 Å². The van der Waals surface area contributed by atoms with E-state index in [1.165, 1.54) is 12.3 Å². The van der Waals surface area contributed by atoms with Crippen LogP contribution in [0.25, 0.3) is 16.9 Å². The Hall–Kier alpha value is -2.78. The van der Waals surface area contributed by atoms with Gasteiger partial charge >= 0.3 is 0 Å². The van der Waals surface area contributed by atoms with Crippen molar-refractivity contribution in [3.8, 4) is 11.3 Å². The Morgan fingerprint density at radius 2 is 1.79 bits per heavy atom. The monoisotopic (exact) mass is 474 g/mol. The zero-order valence-electron chi connectivity index (χ0n) is 15.5. The van der Waals surface area contributed by atoms with Crippen molar-refractivity contribution in [2.45, 2.75) is 4.90 Å². The molecule has 0 amide bonds. The highest BCUT2D eigenvalue weighted by Crippen LogP contribution is 2.31. The van der Waals surface area contributed by atoms with E-state index < -0.39 is 9.84 Å². The normalized spacial score (nSPS) is 11.7. The Bertz CT molecular complexity index is 1320. The van der Waals surface area contributed by atoms with Gasteiger partial charge in [-0.15, -0.1) is 0 Å². The van der Waals surface area contributed by atoms with Gasteiger partial charge in [0.05, 0.1) is 21.3 Å². The average molecular weight is 475 g/mol. The zero-order valence-corrected chi connectivity index (χ0v) is 17.9. The average Bonchev–Trinajstić information content (AvgIpc) is 3.07. The molecule has 0 fully saturated rings. The molecule has 0 radical (unpaired) electrons. The molecule has 4 rings (SSSR count). The SMILES string of the molecule is CN(c1ccc(S(C)(=O)=O)cc1)c1cc(-c2ccccc2F)nc2c(Br)cnn12. The number of halogens is 2. The summed E-state index contributed by atoms with van der Waals surface area (Å²) in [6.45, 7) is 0. The van der Waals surface area contributed by atoms with Crippen molar-refractivity contribution in [1.29, 1.82) is 0 Å². The summed E-state index contributed by atoms with van der Waals surface area (Å²) >= 11 is 3.44. The third-order valence-corrected chi connectivity index (χ3v) is 6.24. The molecule has 0 aliphatic heterocycles. The van der Waals surface area contributed by atoms with Gasteiger partial charge in [0.1, 0.15) is 11.6 Å². The fourth-order valence-electron chi connectivity index (χ4n) is 3.02. The van der Waals surface area contributed by atoms with Crippen molar-refractivity contribution in [2.75, 3.05) is 18.2 Å². The molecule has 9 heteroatoms. The van der Waals surface area contributed by atoms with Crippen LogP contribution in [0.2, 0.25) is 0 Å². The third kappa shape index (κ3) is 3.63. The Labute approximate surface area is 175 Å². The Morgan fingerprint density at radius 3 is 2.45 bits per heavy atom. The van der Waals surface area contributed by atoms with Gasteiger partial charge in [-0.1, -0.05) is 12.1 Å². The van der Waals surface area contributed by atoms with Crippen LogP contribution in [0.4, 0.5) is 15.9 Å². The molecule has 2 aromatic carbocycles. The molecule has 0 unspecified atom stereocenters. The number of aromatic nitrogens is 3. The number of rotatable bonds is 4. The lowest BCUT2D eigenvalue weighted by atomic mass is 10.1. The van der Waals surface area contributed by atoms with E-state index in [0.717, 1.165) is 5.69 Å². The van der Waals surface area contributed by atoms with Crippen LogP contribution < -0.4 is 4.90 Å². The number of hydrogen-bond donors (Lipinski definition) is 0. The summed E-state index contributed by atoms with van der Waals surface area (Å²) in [5.74, 6) is 0.275. The van der Waals surface area contributed by atoms with Crippen LogP contribution in [0, 0.1) is 5.82 Å². The van der Waals surface area contributed by atoms with Gasteiger partial charge < -0.3 is 4.90 Å². The smallest absolute Gasteiger partial charge is 0.175 e. The second kappa shape index (κ2) is 7.23. The van der Waals surface area contributed by atoms with Crippen LogP contribution >= 0.6 is 15.9 Å². The molecule has 0 aliphatic rings. The lowest BCUT2D eigenvalue weighted by molar-refractivity contribution is 0.602. The van der Waals surface area contributed by atoms with Gasteiger partial charge in [-0.3, -0.25) is 0 Å². The van der Waals surface area contributed by atoms with Crippen molar-refractivity contribution < 1.29 is 12.8 Å². The molecule has 0 atom stereocenters.